The zero-order chi connectivity index (χ0) is 23.4. The molecule has 2 aromatic carbocycles. The minimum Gasteiger partial charge on any atom is -0.493 e. The molecule has 1 saturated heterocycles. The van der Waals surface area contributed by atoms with Crippen molar-refractivity contribution in [1.82, 2.24) is 9.21 Å². The van der Waals surface area contributed by atoms with Crippen LogP contribution in [0.15, 0.2) is 58.3 Å². The highest BCUT2D eigenvalue weighted by atomic mass is 32.2. The average molecular weight is 481 g/mol. The second kappa shape index (κ2) is 10.0. The summed E-state index contributed by atoms with van der Waals surface area (Å²) < 4.78 is 55.9. The van der Waals surface area contributed by atoms with E-state index >= 15 is 0 Å². The lowest BCUT2D eigenvalue weighted by Gasteiger charge is -2.19. The number of sulfone groups is 1. The molecule has 32 heavy (non-hydrogen) atoms. The summed E-state index contributed by atoms with van der Waals surface area (Å²) in [4.78, 5) is 14.6. The first-order chi connectivity index (χ1) is 15.1. The van der Waals surface area contributed by atoms with E-state index in [1.807, 2.05) is 0 Å². The highest BCUT2D eigenvalue weighted by Gasteiger charge is 2.27. The monoisotopic (exact) mass is 480 g/mol. The normalized spacial score (nSPS) is 14.9. The van der Waals surface area contributed by atoms with Gasteiger partial charge in [0.2, 0.25) is 10.0 Å². The third-order valence-electron chi connectivity index (χ3n) is 5.27. The van der Waals surface area contributed by atoms with Crippen molar-refractivity contribution in [2.24, 2.45) is 0 Å². The van der Waals surface area contributed by atoms with E-state index in [9.17, 15) is 21.6 Å². The standard InChI is InChI=1S/C22H28N2O6S2/c1-23(12-7-15-30-19-9-6-10-20(17-19)31(2,26)27)22(25)18-8-5-11-21(16-18)32(28,29)24-13-3-4-14-24/h5-6,8-11,16-17H,3-4,7,12-15H2,1-2H3. The van der Waals surface area contributed by atoms with Crippen LogP contribution in [0.25, 0.3) is 0 Å². The first kappa shape index (κ1) is 24.2. The molecule has 0 aliphatic carbocycles. The van der Waals surface area contributed by atoms with E-state index in [0.29, 0.717) is 44.0 Å². The molecule has 1 heterocycles. The van der Waals surface area contributed by atoms with E-state index in [0.717, 1.165) is 19.1 Å². The van der Waals surface area contributed by atoms with Crippen LogP contribution in [0.5, 0.6) is 5.75 Å². The number of amides is 1. The van der Waals surface area contributed by atoms with Crippen molar-refractivity contribution in [3.05, 3.63) is 54.1 Å². The Hall–Kier alpha value is -2.43. The minimum absolute atomic E-state index is 0.132. The summed E-state index contributed by atoms with van der Waals surface area (Å²) in [5, 5.41) is 0. The van der Waals surface area contributed by atoms with Crippen molar-refractivity contribution < 1.29 is 26.4 Å². The molecule has 0 bridgehead atoms. The summed E-state index contributed by atoms with van der Waals surface area (Å²) in [5.41, 5.74) is 0.314. The topological polar surface area (TPSA) is 101 Å². The van der Waals surface area contributed by atoms with E-state index in [1.54, 1.807) is 31.3 Å². The smallest absolute Gasteiger partial charge is 0.253 e. The lowest BCUT2D eigenvalue weighted by atomic mass is 10.2. The van der Waals surface area contributed by atoms with Crippen LogP contribution in [0.3, 0.4) is 0 Å². The maximum Gasteiger partial charge on any atom is 0.253 e. The van der Waals surface area contributed by atoms with Gasteiger partial charge in [0, 0.05) is 38.5 Å². The maximum absolute atomic E-state index is 12.8. The van der Waals surface area contributed by atoms with Gasteiger partial charge in [-0.15, -0.1) is 0 Å². The molecule has 1 aliphatic heterocycles. The fourth-order valence-electron chi connectivity index (χ4n) is 3.48. The van der Waals surface area contributed by atoms with E-state index in [1.165, 1.54) is 33.5 Å². The van der Waals surface area contributed by atoms with E-state index in [4.69, 9.17) is 4.74 Å². The van der Waals surface area contributed by atoms with E-state index in [2.05, 4.69) is 0 Å². The van der Waals surface area contributed by atoms with Gasteiger partial charge in [0.25, 0.3) is 5.91 Å². The lowest BCUT2D eigenvalue weighted by molar-refractivity contribution is 0.0787. The number of carbonyl (C=O) groups excluding carboxylic acids is 1. The Labute approximate surface area is 189 Å². The Bertz CT molecular complexity index is 1170. The van der Waals surface area contributed by atoms with Crippen molar-refractivity contribution in [1.29, 1.82) is 0 Å². The van der Waals surface area contributed by atoms with Crippen molar-refractivity contribution in [2.75, 3.05) is 39.5 Å². The molecule has 1 fully saturated rings. The molecular formula is C22H28N2O6S2. The van der Waals surface area contributed by atoms with Crippen LogP contribution >= 0.6 is 0 Å². The predicted molar refractivity (Wildman–Crippen MR) is 121 cm³/mol. The zero-order valence-corrected chi connectivity index (χ0v) is 19.9. The van der Waals surface area contributed by atoms with Crippen LogP contribution in [-0.2, 0) is 19.9 Å². The summed E-state index contributed by atoms with van der Waals surface area (Å²) in [7, 11) is -5.25. The Morgan fingerprint density at radius 1 is 1.00 bits per heavy atom. The summed E-state index contributed by atoms with van der Waals surface area (Å²) in [6.07, 6.45) is 3.36. The molecule has 0 unspecified atom stereocenters. The molecule has 8 nitrogen and oxygen atoms in total. The fourth-order valence-corrected chi connectivity index (χ4v) is 5.69. The highest BCUT2D eigenvalue weighted by Crippen LogP contribution is 2.22. The van der Waals surface area contributed by atoms with Crippen LogP contribution < -0.4 is 4.74 Å². The van der Waals surface area contributed by atoms with Crippen LogP contribution in [0.4, 0.5) is 0 Å². The van der Waals surface area contributed by atoms with Crippen LogP contribution in [0, 0.1) is 0 Å². The quantitative estimate of drug-likeness (QED) is 0.511. The summed E-state index contributed by atoms with van der Waals surface area (Å²) in [6, 6.07) is 12.4. The molecule has 0 spiro atoms. The van der Waals surface area contributed by atoms with Crippen molar-refractivity contribution >= 4 is 25.8 Å². The second-order valence-corrected chi connectivity index (χ2v) is 11.8. The van der Waals surface area contributed by atoms with Gasteiger partial charge in [-0.25, -0.2) is 16.8 Å². The van der Waals surface area contributed by atoms with Gasteiger partial charge < -0.3 is 9.64 Å². The molecule has 1 aliphatic rings. The van der Waals surface area contributed by atoms with Crippen molar-refractivity contribution in [2.45, 2.75) is 29.1 Å². The largest absolute Gasteiger partial charge is 0.493 e. The SMILES string of the molecule is CN(CCCOc1cccc(S(C)(=O)=O)c1)C(=O)c1cccc(S(=O)(=O)N2CCCC2)c1. The van der Waals surface area contributed by atoms with Crippen LogP contribution in [0.2, 0.25) is 0 Å². The number of carbonyl (C=O) groups is 1. The van der Waals surface area contributed by atoms with Crippen molar-refractivity contribution in [3.8, 4) is 5.75 Å². The molecule has 3 rings (SSSR count). The second-order valence-electron chi connectivity index (χ2n) is 7.81. The Morgan fingerprint density at radius 3 is 2.34 bits per heavy atom. The van der Waals surface area contributed by atoms with Crippen molar-refractivity contribution in [3.63, 3.8) is 0 Å². The van der Waals surface area contributed by atoms with Gasteiger partial charge >= 0.3 is 0 Å². The number of nitrogens with zero attached hydrogens (tertiary/aromatic N) is 2. The molecule has 0 radical (unpaired) electrons. The maximum atomic E-state index is 12.8. The summed E-state index contributed by atoms with van der Waals surface area (Å²) in [5.74, 6) is 0.171. The number of benzene rings is 2. The molecule has 0 atom stereocenters. The number of hydrogen-bond donors (Lipinski definition) is 0. The van der Waals surface area contributed by atoms with E-state index in [-0.39, 0.29) is 15.7 Å². The summed E-state index contributed by atoms with van der Waals surface area (Å²) >= 11 is 0. The first-order valence-electron chi connectivity index (χ1n) is 10.4. The number of ether oxygens (including phenoxy) is 1. The van der Waals surface area contributed by atoms with Gasteiger partial charge in [-0.05, 0) is 55.7 Å². The Kier molecular flexibility index (Phi) is 7.58. The molecule has 0 N–H and O–H groups in total. The number of sulfonamides is 1. The van der Waals surface area contributed by atoms with Gasteiger partial charge in [-0.2, -0.15) is 4.31 Å². The average Bonchev–Trinajstić information content (AvgIpc) is 3.32. The minimum atomic E-state index is -3.59. The molecule has 174 valence electrons. The fraction of sp³-hybridized carbons (Fsp3) is 0.409. The van der Waals surface area contributed by atoms with Gasteiger partial charge in [0.15, 0.2) is 9.84 Å². The third kappa shape index (κ3) is 5.87. The van der Waals surface area contributed by atoms with Crippen LogP contribution in [0.1, 0.15) is 29.6 Å². The number of rotatable bonds is 9. The van der Waals surface area contributed by atoms with Gasteiger partial charge in [-0.3, -0.25) is 4.79 Å². The molecular weight excluding hydrogens is 452 g/mol. The predicted octanol–water partition coefficient (Wildman–Crippen LogP) is 2.42. The molecule has 10 heteroatoms. The summed E-state index contributed by atoms with van der Waals surface area (Å²) in [6.45, 7) is 1.71. The number of hydrogen-bond acceptors (Lipinski definition) is 6. The van der Waals surface area contributed by atoms with Crippen LogP contribution in [-0.4, -0.2) is 71.5 Å². The van der Waals surface area contributed by atoms with Gasteiger partial charge in [-0.1, -0.05) is 12.1 Å². The van der Waals surface area contributed by atoms with E-state index < -0.39 is 19.9 Å². The third-order valence-corrected chi connectivity index (χ3v) is 8.28. The molecule has 2 aromatic rings. The molecule has 0 saturated carbocycles. The highest BCUT2D eigenvalue weighted by molar-refractivity contribution is 7.90. The lowest BCUT2D eigenvalue weighted by Crippen LogP contribution is -2.30. The first-order valence-corrected chi connectivity index (χ1v) is 13.7. The molecule has 0 aromatic heterocycles. The van der Waals surface area contributed by atoms with Gasteiger partial charge in [0.05, 0.1) is 16.4 Å². The Balaban J connectivity index is 1.56. The van der Waals surface area contributed by atoms with Gasteiger partial charge in [0.1, 0.15) is 5.75 Å². The Morgan fingerprint density at radius 2 is 1.66 bits per heavy atom. The molecule has 1 amide bonds. The zero-order valence-electron chi connectivity index (χ0n) is 18.2.